The highest BCUT2D eigenvalue weighted by molar-refractivity contribution is 5.47. The molecule has 0 aromatic heterocycles. The fourth-order valence-electron chi connectivity index (χ4n) is 2.91. The Bertz CT molecular complexity index is 454. The van der Waals surface area contributed by atoms with Gasteiger partial charge in [0.2, 0.25) is 0 Å². The molecule has 1 saturated heterocycles. The van der Waals surface area contributed by atoms with E-state index < -0.39 is 0 Å². The number of rotatable bonds is 3. The Hall–Kier alpha value is -1.26. The van der Waals surface area contributed by atoms with Crippen LogP contribution >= 0.6 is 0 Å². The monoisotopic (exact) mass is 276 g/mol. The van der Waals surface area contributed by atoms with Gasteiger partial charge in [-0.1, -0.05) is 0 Å². The summed E-state index contributed by atoms with van der Waals surface area (Å²) in [7, 11) is 0. The lowest BCUT2D eigenvalue weighted by atomic mass is 10.0. The third-order valence-electron chi connectivity index (χ3n) is 4.13. The van der Waals surface area contributed by atoms with Crippen molar-refractivity contribution in [2.45, 2.75) is 19.8 Å². The fraction of sp³-hybridized carbons (Fsp3) is 0.625. The largest absolute Gasteiger partial charge is 0.486 e. The van der Waals surface area contributed by atoms with Crippen molar-refractivity contribution in [2.75, 3.05) is 45.9 Å². The zero-order valence-electron chi connectivity index (χ0n) is 12.3. The Morgan fingerprint density at radius 3 is 2.75 bits per heavy atom. The zero-order valence-corrected chi connectivity index (χ0v) is 12.3. The van der Waals surface area contributed by atoms with Crippen LogP contribution in [0, 0.1) is 6.92 Å². The van der Waals surface area contributed by atoms with Crippen molar-refractivity contribution in [2.24, 2.45) is 0 Å². The maximum Gasteiger partial charge on any atom is 0.161 e. The van der Waals surface area contributed by atoms with Gasteiger partial charge in [-0.05, 0) is 56.1 Å². The number of hydrogen-bond donors (Lipinski definition) is 1. The molecule has 0 bridgehead atoms. The van der Waals surface area contributed by atoms with Crippen LogP contribution in [-0.4, -0.2) is 50.8 Å². The Kier molecular flexibility index (Phi) is 4.43. The molecule has 0 saturated carbocycles. The molecule has 1 aromatic rings. The Balaban J connectivity index is 1.64. The number of hydrogen-bond acceptors (Lipinski definition) is 4. The predicted octanol–water partition coefficient (Wildman–Crippen LogP) is 1.60. The van der Waals surface area contributed by atoms with Crippen LogP contribution in [0.25, 0.3) is 0 Å². The summed E-state index contributed by atoms with van der Waals surface area (Å²) in [6.45, 7) is 9.24. The summed E-state index contributed by atoms with van der Waals surface area (Å²) in [6.07, 6.45) is 2.34. The minimum absolute atomic E-state index is 0.659. The maximum atomic E-state index is 5.68. The average molecular weight is 276 g/mol. The topological polar surface area (TPSA) is 33.7 Å². The standard InChI is InChI=1S/C16H24N2O2/c1-13-11-15-16(20-10-9-19-15)12-14(13)3-7-18-6-2-4-17-5-8-18/h11-12,17H,2-10H2,1H3. The normalized spacial score (nSPS) is 19.6. The molecule has 0 spiro atoms. The van der Waals surface area contributed by atoms with Crippen LogP contribution in [0.4, 0.5) is 0 Å². The van der Waals surface area contributed by atoms with Crippen LogP contribution < -0.4 is 14.8 Å². The molecule has 1 fully saturated rings. The summed E-state index contributed by atoms with van der Waals surface area (Å²) in [4.78, 5) is 2.55. The van der Waals surface area contributed by atoms with Crippen LogP contribution in [0.2, 0.25) is 0 Å². The predicted molar refractivity (Wildman–Crippen MR) is 79.8 cm³/mol. The van der Waals surface area contributed by atoms with Crippen LogP contribution in [-0.2, 0) is 6.42 Å². The van der Waals surface area contributed by atoms with E-state index in [0.717, 1.165) is 44.1 Å². The molecule has 0 atom stereocenters. The van der Waals surface area contributed by atoms with Crippen LogP contribution in [0.3, 0.4) is 0 Å². The lowest BCUT2D eigenvalue weighted by Crippen LogP contribution is -2.30. The Morgan fingerprint density at radius 1 is 1.10 bits per heavy atom. The van der Waals surface area contributed by atoms with Gasteiger partial charge in [0.1, 0.15) is 13.2 Å². The zero-order chi connectivity index (χ0) is 13.8. The van der Waals surface area contributed by atoms with Gasteiger partial charge in [-0.2, -0.15) is 0 Å². The number of benzene rings is 1. The Labute approximate surface area is 121 Å². The molecular formula is C16H24N2O2. The van der Waals surface area contributed by atoms with E-state index in [0.29, 0.717) is 13.2 Å². The molecule has 4 heteroatoms. The molecule has 0 aliphatic carbocycles. The van der Waals surface area contributed by atoms with Gasteiger partial charge in [-0.25, -0.2) is 0 Å². The van der Waals surface area contributed by atoms with E-state index >= 15 is 0 Å². The van der Waals surface area contributed by atoms with Gasteiger partial charge in [0, 0.05) is 19.6 Å². The van der Waals surface area contributed by atoms with E-state index in [1.807, 2.05) is 0 Å². The highest BCUT2D eigenvalue weighted by Gasteiger charge is 2.15. The minimum atomic E-state index is 0.659. The van der Waals surface area contributed by atoms with E-state index in [1.54, 1.807) is 0 Å². The molecule has 110 valence electrons. The first kappa shape index (κ1) is 13.7. The van der Waals surface area contributed by atoms with Crippen molar-refractivity contribution in [3.05, 3.63) is 23.3 Å². The van der Waals surface area contributed by atoms with Gasteiger partial charge >= 0.3 is 0 Å². The number of aryl methyl sites for hydroxylation is 1. The van der Waals surface area contributed by atoms with Crippen molar-refractivity contribution in [3.8, 4) is 11.5 Å². The van der Waals surface area contributed by atoms with E-state index in [2.05, 4.69) is 29.3 Å². The molecular weight excluding hydrogens is 252 g/mol. The van der Waals surface area contributed by atoms with Gasteiger partial charge < -0.3 is 19.7 Å². The third-order valence-corrected chi connectivity index (χ3v) is 4.13. The van der Waals surface area contributed by atoms with Gasteiger partial charge in [0.25, 0.3) is 0 Å². The molecule has 20 heavy (non-hydrogen) atoms. The first-order valence-corrected chi connectivity index (χ1v) is 7.65. The highest BCUT2D eigenvalue weighted by atomic mass is 16.6. The molecule has 0 amide bonds. The van der Waals surface area contributed by atoms with Crippen LogP contribution in [0.15, 0.2) is 12.1 Å². The number of fused-ring (bicyclic) bond motifs is 1. The number of nitrogens with one attached hydrogen (secondary N) is 1. The third kappa shape index (κ3) is 3.25. The second kappa shape index (κ2) is 6.46. The summed E-state index contributed by atoms with van der Waals surface area (Å²) in [5.74, 6) is 1.81. The van der Waals surface area contributed by atoms with Gasteiger partial charge in [0.05, 0.1) is 0 Å². The SMILES string of the molecule is Cc1cc2c(cc1CCN1CCCNCC1)OCCO2. The van der Waals surface area contributed by atoms with Gasteiger partial charge in [-0.3, -0.25) is 0 Å². The highest BCUT2D eigenvalue weighted by Crippen LogP contribution is 2.33. The summed E-state index contributed by atoms with van der Waals surface area (Å²) < 4.78 is 11.3. The molecule has 0 unspecified atom stereocenters. The Morgan fingerprint density at radius 2 is 1.90 bits per heavy atom. The number of nitrogens with zero attached hydrogens (tertiary/aromatic N) is 1. The van der Waals surface area contributed by atoms with E-state index in [1.165, 1.54) is 24.1 Å². The quantitative estimate of drug-likeness (QED) is 0.909. The van der Waals surface area contributed by atoms with E-state index in [9.17, 15) is 0 Å². The van der Waals surface area contributed by atoms with Crippen molar-refractivity contribution < 1.29 is 9.47 Å². The van der Waals surface area contributed by atoms with E-state index in [-0.39, 0.29) is 0 Å². The second-order valence-electron chi connectivity index (χ2n) is 5.62. The second-order valence-corrected chi connectivity index (χ2v) is 5.62. The summed E-state index contributed by atoms with van der Waals surface area (Å²) >= 11 is 0. The molecule has 0 radical (unpaired) electrons. The van der Waals surface area contributed by atoms with Crippen molar-refractivity contribution in [3.63, 3.8) is 0 Å². The van der Waals surface area contributed by atoms with Crippen molar-refractivity contribution >= 4 is 0 Å². The molecule has 1 aromatic carbocycles. The molecule has 2 heterocycles. The van der Waals surface area contributed by atoms with Crippen LogP contribution in [0.5, 0.6) is 11.5 Å². The maximum absolute atomic E-state index is 5.68. The summed E-state index contributed by atoms with van der Waals surface area (Å²) in [6, 6.07) is 4.29. The molecule has 4 nitrogen and oxygen atoms in total. The molecule has 3 rings (SSSR count). The minimum Gasteiger partial charge on any atom is -0.486 e. The number of ether oxygens (including phenoxy) is 2. The van der Waals surface area contributed by atoms with Crippen LogP contribution in [0.1, 0.15) is 17.5 Å². The molecule has 1 N–H and O–H groups in total. The lowest BCUT2D eigenvalue weighted by molar-refractivity contribution is 0.171. The van der Waals surface area contributed by atoms with Crippen molar-refractivity contribution in [1.29, 1.82) is 0 Å². The first-order valence-electron chi connectivity index (χ1n) is 7.65. The smallest absolute Gasteiger partial charge is 0.161 e. The fourth-order valence-corrected chi connectivity index (χ4v) is 2.91. The van der Waals surface area contributed by atoms with Gasteiger partial charge in [0.15, 0.2) is 11.5 Å². The average Bonchev–Trinajstić information content (AvgIpc) is 2.74. The molecule has 2 aliphatic heterocycles. The van der Waals surface area contributed by atoms with Crippen molar-refractivity contribution in [1.82, 2.24) is 10.2 Å². The summed E-state index contributed by atoms with van der Waals surface area (Å²) in [5, 5.41) is 3.45. The van der Waals surface area contributed by atoms with E-state index in [4.69, 9.17) is 9.47 Å². The van der Waals surface area contributed by atoms with Gasteiger partial charge in [-0.15, -0.1) is 0 Å². The summed E-state index contributed by atoms with van der Waals surface area (Å²) in [5.41, 5.74) is 2.69. The first-order chi connectivity index (χ1) is 9.83. The molecule has 2 aliphatic rings. The lowest BCUT2D eigenvalue weighted by Gasteiger charge is -2.22.